The molecule has 0 aromatic heterocycles. The van der Waals surface area contributed by atoms with E-state index in [1.165, 1.54) is 55.7 Å². The van der Waals surface area contributed by atoms with Crippen LogP contribution in [0, 0.1) is 10.1 Å². The van der Waals surface area contributed by atoms with Crippen molar-refractivity contribution in [1.82, 2.24) is 0 Å². The van der Waals surface area contributed by atoms with Crippen LogP contribution < -0.4 is 14.2 Å². The summed E-state index contributed by atoms with van der Waals surface area (Å²) in [5, 5.41) is 10.8. The lowest BCUT2D eigenvalue weighted by atomic mass is 10.1. The second-order valence-corrected chi connectivity index (χ2v) is 6.53. The van der Waals surface area contributed by atoms with Crippen molar-refractivity contribution >= 4 is 23.5 Å². The van der Waals surface area contributed by atoms with E-state index in [1.807, 2.05) is 0 Å². The lowest BCUT2D eigenvalue weighted by Crippen LogP contribution is -2.09. The fraction of sp³-hybridized carbons (Fsp3) is 0.0833. The van der Waals surface area contributed by atoms with E-state index in [2.05, 4.69) is 0 Å². The van der Waals surface area contributed by atoms with Crippen LogP contribution in [0.15, 0.2) is 72.8 Å². The molecular formula is C24H19NO7. The molecule has 32 heavy (non-hydrogen) atoms. The number of ketones is 1. The molecule has 0 radical (unpaired) electrons. The normalized spacial score (nSPS) is 10.6. The Bertz CT molecular complexity index is 1180. The van der Waals surface area contributed by atoms with Gasteiger partial charge in [0.15, 0.2) is 5.78 Å². The highest BCUT2D eigenvalue weighted by Gasteiger charge is 2.14. The van der Waals surface area contributed by atoms with Gasteiger partial charge in [-0.3, -0.25) is 14.9 Å². The van der Waals surface area contributed by atoms with Gasteiger partial charge in [0.25, 0.3) is 5.69 Å². The quantitative estimate of drug-likeness (QED) is 0.126. The van der Waals surface area contributed by atoms with Crippen molar-refractivity contribution in [2.45, 2.75) is 0 Å². The fourth-order valence-electron chi connectivity index (χ4n) is 2.82. The van der Waals surface area contributed by atoms with Crippen LogP contribution in [0.3, 0.4) is 0 Å². The Labute approximate surface area is 183 Å². The van der Waals surface area contributed by atoms with Gasteiger partial charge in [-0.2, -0.15) is 0 Å². The number of carbonyl (C=O) groups excluding carboxylic acids is 2. The van der Waals surface area contributed by atoms with E-state index in [0.717, 1.165) is 6.07 Å². The van der Waals surface area contributed by atoms with Gasteiger partial charge in [0, 0.05) is 29.3 Å². The van der Waals surface area contributed by atoms with Crippen LogP contribution in [0.1, 0.15) is 26.3 Å². The van der Waals surface area contributed by atoms with Gasteiger partial charge in [-0.25, -0.2) is 4.79 Å². The number of ether oxygens (including phenoxy) is 3. The first-order valence-corrected chi connectivity index (χ1v) is 9.42. The Morgan fingerprint density at radius 3 is 2.25 bits per heavy atom. The zero-order valence-corrected chi connectivity index (χ0v) is 17.3. The molecule has 0 saturated carbocycles. The molecule has 0 fully saturated rings. The molecule has 0 N–H and O–H groups in total. The highest BCUT2D eigenvalue weighted by Crippen LogP contribution is 2.26. The predicted octanol–water partition coefficient (Wildman–Crippen LogP) is 4.73. The number of esters is 1. The van der Waals surface area contributed by atoms with Crippen molar-refractivity contribution in [2.24, 2.45) is 0 Å². The van der Waals surface area contributed by atoms with Crippen LogP contribution in [0.5, 0.6) is 17.2 Å². The third kappa shape index (κ3) is 5.37. The molecule has 0 aliphatic heterocycles. The second-order valence-electron chi connectivity index (χ2n) is 6.53. The number of methoxy groups -OCH3 is 2. The Kier molecular flexibility index (Phi) is 6.97. The lowest BCUT2D eigenvalue weighted by Gasteiger charge is -2.07. The monoisotopic (exact) mass is 433 g/mol. The van der Waals surface area contributed by atoms with E-state index in [1.54, 1.807) is 31.4 Å². The number of nitro groups is 1. The van der Waals surface area contributed by atoms with Crippen molar-refractivity contribution in [1.29, 1.82) is 0 Å². The molecule has 3 rings (SSSR count). The number of non-ortho nitro benzene ring substituents is 1. The van der Waals surface area contributed by atoms with Crippen LogP contribution in [-0.2, 0) is 0 Å². The second kappa shape index (κ2) is 10.0. The number of nitro benzene ring substituents is 1. The first kappa shape index (κ1) is 22.2. The van der Waals surface area contributed by atoms with Gasteiger partial charge >= 0.3 is 5.97 Å². The summed E-state index contributed by atoms with van der Waals surface area (Å²) in [4.78, 5) is 35.0. The minimum absolute atomic E-state index is 0.0516. The summed E-state index contributed by atoms with van der Waals surface area (Å²) in [6.45, 7) is 0. The van der Waals surface area contributed by atoms with Gasteiger partial charge in [-0.05, 0) is 54.6 Å². The maximum atomic E-state index is 12.5. The molecule has 0 aliphatic carbocycles. The minimum Gasteiger partial charge on any atom is -0.497 e. The summed E-state index contributed by atoms with van der Waals surface area (Å²) in [6.07, 6.45) is 3.05. The molecule has 0 bridgehead atoms. The number of benzene rings is 3. The fourth-order valence-corrected chi connectivity index (χ4v) is 2.82. The topological polar surface area (TPSA) is 105 Å². The standard InChI is InChI=1S/C24H19NO7/c1-30-21-12-8-17(23(15-21)31-2)9-13-22(26)16-6-10-20(11-7-16)32-24(27)18-4-3-5-19(14-18)25(28)29/h3-15H,1-2H3/b13-9+. The summed E-state index contributed by atoms with van der Waals surface area (Å²) >= 11 is 0. The molecule has 162 valence electrons. The number of carbonyl (C=O) groups is 2. The van der Waals surface area contributed by atoms with E-state index < -0.39 is 10.9 Å². The van der Waals surface area contributed by atoms with Crippen LogP contribution >= 0.6 is 0 Å². The highest BCUT2D eigenvalue weighted by atomic mass is 16.6. The largest absolute Gasteiger partial charge is 0.497 e. The van der Waals surface area contributed by atoms with Crippen LogP contribution in [0.25, 0.3) is 6.08 Å². The smallest absolute Gasteiger partial charge is 0.343 e. The van der Waals surface area contributed by atoms with Gasteiger partial charge < -0.3 is 14.2 Å². The third-order valence-electron chi connectivity index (χ3n) is 4.50. The van der Waals surface area contributed by atoms with E-state index in [-0.39, 0.29) is 22.8 Å². The molecule has 0 aliphatic rings. The molecular weight excluding hydrogens is 414 g/mol. The van der Waals surface area contributed by atoms with Crippen molar-refractivity contribution in [3.05, 3.63) is 99.6 Å². The van der Waals surface area contributed by atoms with E-state index in [9.17, 15) is 19.7 Å². The number of nitrogens with zero attached hydrogens (tertiary/aromatic N) is 1. The molecule has 0 unspecified atom stereocenters. The molecule has 8 nitrogen and oxygen atoms in total. The van der Waals surface area contributed by atoms with Crippen molar-refractivity contribution < 1.29 is 28.7 Å². The number of hydrogen-bond acceptors (Lipinski definition) is 7. The summed E-state index contributed by atoms with van der Waals surface area (Å²) in [5.41, 5.74) is 0.949. The average Bonchev–Trinajstić information content (AvgIpc) is 2.82. The number of hydrogen-bond donors (Lipinski definition) is 0. The van der Waals surface area contributed by atoms with E-state index >= 15 is 0 Å². The first-order valence-electron chi connectivity index (χ1n) is 9.42. The third-order valence-corrected chi connectivity index (χ3v) is 4.50. The lowest BCUT2D eigenvalue weighted by molar-refractivity contribution is -0.384. The number of allylic oxidation sites excluding steroid dienone is 1. The average molecular weight is 433 g/mol. The number of rotatable bonds is 8. The Balaban J connectivity index is 1.68. The Morgan fingerprint density at radius 1 is 0.875 bits per heavy atom. The summed E-state index contributed by atoms with van der Waals surface area (Å²) in [5.74, 6) is 0.426. The zero-order chi connectivity index (χ0) is 23.1. The summed E-state index contributed by atoms with van der Waals surface area (Å²) in [7, 11) is 3.08. The molecule has 8 heteroatoms. The van der Waals surface area contributed by atoms with Crippen LogP contribution in [0.4, 0.5) is 5.69 Å². The Hall–Kier alpha value is -4.46. The first-order chi connectivity index (χ1) is 15.4. The SMILES string of the molecule is COc1ccc(/C=C/C(=O)c2ccc(OC(=O)c3cccc([N+](=O)[O-])c3)cc2)c(OC)c1. The van der Waals surface area contributed by atoms with Gasteiger partial charge in [0.1, 0.15) is 17.2 Å². The van der Waals surface area contributed by atoms with Crippen LogP contribution in [0.2, 0.25) is 0 Å². The van der Waals surface area contributed by atoms with E-state index in [4.69, 9.17) is 14.2 Å². The molecule has 0 heterocycles. The molecule has 0 amide bonds. The summed E-state index contributed by atoms with van der Waals surface area (Å²) in [6, 6.07) is 16.5. The minimum atomic E-state index is -0.737. The predicted molar refractivity (Wildman–Crippen MR) is 117 cm³/mol. The molecule has 3 aromatic carbocycles. The van der Waals surface area contributed by atoms with Crippen molar-refractivity contribution in [3.63, 3.8) is 0 Å². The van der Waals surface area contributed by atoms with Crippen molar-refractivity contribution in [3.8, 4) is 17.2 Å². The Morgan fingerprint density at radius 2 is 1.59 bits per heavy atom. The maximum Gasteiger partial charge on any atom is 0.343 e. The molecule has 0 spiro atoms. The molecule has 0 saturated heterocycles. The zero-order valence-electron chi connectivity index (χ0n) is 17.3. The van der Waals surface area contributed by atoms with Gasteiger partial charge in [-0.15, -0.1) is 0 Å². The molecule has 3 aromatic rings. The van der Waals surface area contributed by atoms with Gasteiger partial charge in [0.05, 0.1) is 24.7 Å². The highest BCUT2D eigenvalue weighted by molar-refractivity contribution is 6.07. The van der Waals surface area contributed by atoms with Crippen molar-refractivity contribution in [2.75, 3.05) is 14.2 Å². The maximum absolute atomic E-state index is 12.5. The molecule has 0 atom stereocenters. The van der Waals surface area contributed by atoms with Gasteiger partial charge in [-0.1, -0.05) is 6.07 Å². The van der Waals surface area contributed by atoms with E-state index in [0.29, 0.717) is 22.6 Å². The van der Waals surface area contributed by atoms with Crippen LogP contribution in [-0.4, -0.2) is 30.9 Å². The van der Waals surface area contributed by atoms with Gasteiger partial charge in [0.2, 0.25) is 0 Å². The summed E-state index contributed by atoms with van der Waals surface area (Å²) < 4.78 is 15.7.